The summed E-state index contributed by atoms with van der Waals surface area (Å²) in [6, 6.07) is 4.19. The van der Waals surface area contributed by atoms with Gasteiger partial charge in [-0.25, -0.2) is 0 Å². The smallest absolute Gasteiger partial charge is 0.0954 e. The summed E-state index contributed by atoms with van der Waals surface area (Å²) in [5, 5.41) is 4.27. The number of hydrogen-bond acceptors (Lipinski definition) is 2. The Kier molecular flexibility index (Phi) is 3.75. The molecule has 2 aliphatic rings. The van der Waals surface area contributed by atoms with Crippen LogP contribution in [-0.4, -0.2) is 19.7 Å². The highest BCUT2D eigenvalue weighted by Crippen LogP contribution is 2.33. The molecule has 3 rings (SSSR count). The van der Waals surface area contributed by atoms with Gasteiger partial charge in [0.25, 0.3) is 0 Å². The van der Waals surface area contributed by atoms with Gasteiger partial charge in [-0.3, -0.25) is 0 Å². The Morgan fingerprint density at radius 3 is 2.81 bits per heavy atom. The van der Waals surface area contributed by atoms with Gasteiger partial charge in [-0.15, -0.1) is 12.4 Å². The third-order valence-electron chi connectivity index (χ3n) is 3.23. The Bertz CT molecular complexity index is 395. The summed E-state index contributed by atoms with van der Waals surface area (Å²) in [4.78, 5) is 0. The molecule has 88 valence electrons. The molecular formula is C12H15Cl2NO. The highest BCUT2D eigenvalue weighted by Gasteiger charge is 2.25. The Balaban J connectivity index is 0.000000963. The molecule has 0 fully saturated rings. The highest BCUT2D eigenvalue weighted by atomic mass is 35.5. The number of benzene rings is 1. The average Bonchev–Trinajstić information content (AvgIpc) is 2.42. The van der Waals surface area contributed by atoms with Crippen molar-refractivity contribution in [3.05, 3.63) is 33.8 Å². The van der Waals surface area contributed by atoms with E-state index in [-0.39, 0.29) is 18.5 Å². The molecule has 1 N–H and O–H groups in total. The lowest BCUT2D eigenvalue weighted by atomic mass is 9.92. The normalized spacial score (nSPS) is 22.9. The molecule has 2 nitrogen and oxygen atoms in total. The molecule has 1 aromatic rings. The van der Waals surface area contributed by atoms with Crippen molar-refractivity contribution < 1.29 is 4.74 Å². The second-order valence-electron chi connectivity index (χ2n) is 4.20. The number of ether oxygens (including phenoxy) is 1. The second kappa shape index (κ2) is 4.92. The summed E-state index contributed by atoms with van der Waals surface area (Å²) in [7, 11) is 0. The Hall–Kier alpha value is -0.280. The van der Waals surface area contributed by atoms with Gasteiger partial charge in [-0.05, 0) is 48.2 Å². The van der Waals surface area contributed by atoms with Crippen molar-refractivity contribution in [2.45, 2.75) is 18.9 Å². The zero-order valence-electron chi connectivity index (χ0n) is 8.96. The van der Waals surface area contributed by atoms with Gasteiger partial charge in [0.1, 0.15) is 0 Å². The molecule has 2 heterocycles. The Labute approximate surface area is 107 Å². The van der Waals surface area contributed by atoms with Crippen LogP contribution < -0.4 is 5.32 Å². The van der Waals surface area contributed by atoms with Crippen molar-refractivity contribution in [2.75, 3.05) is 19.7 Å². The van der Waals surface area contributed by atoms with Gasteiger partial charge in [0.05, 0.1) is 12.7 Å². The minimum atomic E-state index is 0. The Morgan fingerprint density at radius 1 is 1.25 bits per heavy atom. The first-order valence-corrected chi connectivity index (χ1v) is 5.86. The zero-order valence-corrected chi connectivity index (χ0v) is 10.5. The highest BCUT2D eigenvalue weighted by molar-refractivity contribution is 6.30. The maximum atomic E-state index is 6.12. The van der Waals surface area contributed by atoms with Gasteiger partial charge >= 0.3 is 0 Å². The van der Waals surface area contributed by atoms with Gasteiger partial charge in [-0.2, -0.15) is 0 Å². The largest absolute Gasteiger partial charge is 0.372 e. The Morgan fingerprint density at radius 2 is 2.00 bits per heavy atom. The third kappa shape index (κ3) is 2.07. The van der Waals surface area contributed by atoms with Crippen LogP contribution in [0.1, 0.15) is 22.8 Å². The minimum absolute atomic E-state index is 0. The summed E-state index contributed by atoms with van der Waals surface area (Å²) < 4.78 is 5.80. The van der Waals surface area contributed by atoms with E-state index in [1.165, 1.54) is 16.7 Å². The molecule has 16 heavy (non-hydrogen) atoms. The summed E-state index contributed by atoms with van der Waals surface area (Å²) in [5.41, 5.74) is 4.15. The SMILES string of the molecule is Cl.Clc1cc2c3c(c1)CCOC3CNCC2. The van der Waals surface area contributed by atoms with Crippen molar-refractivity contribution in [1.82, 2.24) is 5.32 Å². The fourth-order valence-corrected chi connectivity index (χ4v) is 2.84. The van der Waals surface area contributed by atoms with E-state index >= 15 is 0 Å². The van der Waals surface area contributed by atoms with Crippen molar-refractivity contribution in [3.8, 4) is 0 Å². The predicted octanol–water partition coefficient (Wildman–Crippen LogP) is 2.52. The standard InChI is InChI=1S/C12H14ClNO.ClH/c13-10-5-8-1-3-14-7-11-12(8)9(6-10)2-4-15-11;/h5-6,11,14H,1-4,7H2;1H. The van der Waals surface area contributed by atoms with E-state index in [2.05, 4.69) is 17.4 Å². The van der Waals surface area contributed by atoms with Crippen LogP contribution in [0.2, 0.25) is 5.02 Å². The van der Waals surface area contributed by atoms with E-state index in [9.17, 15) is 0 Å². The van der Waals surface area contributed by atoms with Crippen LogP contribution >= 0.6 is 24.0 Å². The monoisotopic (exact) mass is 259 g/mol. The molecule has 0 radical (unpaired) electrons. The second-order valence-corrected chi connectivity index (χ2v) is 4.64. The maximum absolute atomic E-state index is 6.12. The average molecular weight is 260 g/mol. The van der Waals surface area contributed by atoms with E-state index in [0.29, 0.717) is 0 Å². The number of halogens is 2. The minimum Gasteiger partial charge on any atom is -0.372 e. The molecule has 1 aromatic carbocycles. The summed E-state index contributed by atoms with van der Waals surface area (Å²) in [6.07, 6.45) is 2.30. The van der Waals surface area contributed by atoms with E-state index in [1.54, 1.807) is 0 Å². The van der Waals surface area contributed by atoms with Crippen molar-refractivity contribution >= 4 is 24.0 Å². The molecule has 2 aliphatic heterocycles. The lowest BCUT2D eigenvalue weighted by Crippen LogP contribution is -2.25. The van der Waals surface area contributed by atoms with Crippen LogP contribution in [0.3, 0.4) is 0 Å². The molecule has 0 saturated heterocycles. The molecule has 1 atom stereocenters. The first kappa shape index (κ1) is 12.2. The molecule has 0 aromatic heterocycles. The fourth-order valence-electron chi connectivity index (χ4n) is 2.58. The summed E-state index contributed by atoms with van der Waals surface area (Å²) >= 11 is 6.12. The van der Waals surface area contributed by atoms with Crippen molar-refractivity contribution in [2.24, 2.45) is 0 Å². The third-order valence-corrected chi connectivity index (χ3v) is 3.45. The van der Waals surface area contributed by atoms with E-state index in [4.69, 9.17) is 16.3 Å². The maximum Gasteiger partial charge on any atom is 0.0954 e. The summed E-state index contributed by atoms with van der Waals surface area (Å²) in [5.74, 6) is 0. The fraction of sp³-hybridized carbons (Fsp3) is 0.500. The number of nitrogens with one attached hydrogen (secondary N) is 1. The van der Waals surface area contributed by atoms with E-state index in [1.807, 2.05) is 0 Å². The van der Waals surface area contributed by atoms with Gasteiger partial charge in [0, 0.05) is 11.6 Å². The van der Waals surface area contributed by atoms with Crippen molar-refractivity contribution in [1.29, 1.82) is 0 Å². The van der Waals surface area contributed by atoms with Crippen molar-refractivity contribution in [3.63, 3.8) is 0 Å². The molecular weight excluding hydrogens is 245 g/mol. The molecule has 0 bridgehead atoms. The molecule has 0 aliphatic carbocycles. The lowest BCUT2D eigenvalue weighted by Gasteiger charge is -2.26. The van der Waals surface area contributed by atoms with E-state index < -0.39 is 0 Å². The lowest BCUT2D eigenvalue weighted by molar-refractivity contribution is 0.0441. The van der Waals surface area contributed by atoms with Gasteiger partial charge in [0.15, 0.2) is 0 Å². The zero-order chi connectivity index (χ0) is 10.3. The first-order valence-electron chi connectivity index (χ1n) is 5.48. The molecule has 0 spiro atoms. The van der Waals surface area contributed by atoms with Crippen LogP contribution in [0.5, 0.6) is 0 Å². The van der Waals surface area contributed by atoms with Gasteiger partial charge in [-0.1, -0.05) is 11.6 Å². The van der Waals surface area contributed by atoms with Crippen LogP contribution in [0, 0.1) is 0 Å². The van der Waals surface area contributed by atoms with Crippen LogP contribution in [0.4, 0.5) is 0 Å². The number of rotatable bonds is 0. The van der Waals surface area contributed by atoms with Crippen LogP contribution in [-0.2, 0) is 17.6 Å². The van der Waals surface area contributed by atoms with Crippen LogP contribution in [0.25, 0.3) is 0 Å². The topological polar surface area (TPSA) is 21.3 Å². The molecule has 0 saturated carbocycles. The van der Waals surface area contributed by atoms with E-state index in [0.717, 1.165) is 37.6 Å². The predicted molar refractivity (Wildman–Crippen MR) is 67.7 cm³/mol. The quantitative estimate of drug-likeness (QED) is 0.774. The number of hydrogen-bond donors (Lipinski definition) is 1. The van der Waals surface area contributed by atoms with Gasteiger partial charge in [0.2, 0.25) is 0 Å². The molecule has 0 amide bonds. The first-order chi connectivity index (χ1) is 7.34. The molecule has 4 heteroatoms. The van der Waals surface area contributed by atoms with Gasteiger partial charge < -0.3 is 10.1 Å². The molecule has 1 unspecified atom stereocenters. The van der Waals surface area contributed by atoms with Crippen LogP contribution in [0.15, 0.2) is 12.1 Å². The summed E-state index contributed by atoms with van der Waals surface area (Å²) in [6.45, 7) is 2.77.